The molecule has 0 radical (unpaired) electrons. The quantitative estimate of drug-likeness (QED) is 0.494. The van der Waals surface area contributed by atoms with Gasteiger partial charge in [-0.15, -0.1) is 11.3 Å². The van der Waals surface area contributed by atoms with E-state index in [0.29, 0.717) is 5.02 Å². The SMILES string of the molecule is N#CCCNC(=O)COC(=O)/C=C/c1sc2ccccc2c1Cl. The number of halogens is 1. The molecule has 0 spiro atoms. The number of hydrogen-bond acceptors (Lipinski definition) is 5. The summed E-state index contributed by atoms with van der Waals surface area (Å²) in [7, 11) is 0. The number of esters is 1. The highest BCUT2D eigenvalue weighted by Gasteiger charge is 2.08. The van der Waals surface area contributed by atoms with Crippen molar-refractivity contribution in [1.82, 2.24) is 5.32 Å². The minimum absolute atomic E-state index is 0.212. The maximum atomic E-state index is 11.6. The van der Waals surface area contributed by atoms with E-state index in [-0.39, 0.29) is 19.6 Å². The first-order chi connectivity index (χ1) is 11.1. The van der Waals surface area contributed by atoms with Crippen molar-refractivity contribution < 1.29 is 14.3 Å². The zero-order valence-electron chi connectivity index (χ0n) is 12.0. The number of carbonyl (C=O) groups is 2. The molecule has 0 saturated heterocycles. The number of carbonyl (C=O) groups excluding carboxylic acids is 2. The predicted molar refractivity (Wildman–Crippen MR) is 90.1 cm³/mol. The van der Waals surface area contributed by atoms with Crippen molar-refractivity contribution in [1.29, 1.82) is 5.26 Å². The van der Waals surface area contributed by atoms with Crippen LogP contribution in [0.15, 0.2) is 30.3 Å². The summed E-state index contributed by atoms with van der Waals surface area (Å²) in [6.07, 6.45) is 3.02. The predicted octanol–water partition coefficient (Wildman–Crippen LogP) is 3.14. The first kappa shape index (κ1) is 17.0. The van der Waals surface area contributed by atoms with Crippen LogP contribution in [0.4, 0.5) is 0 Å². The van der Waals surface area contributed by atoms with Crippen molar-refractivity contribution in [2.45, 2.75) is 6.42 Å². The molecule has 0 aliphatic heterocycles. The fourth-order valence-electron chi connectivity index (χ4n) is 1.78. The number of hydrogen-bond donors (Lipinski definition) is 1. The Morgan fingerprint density at radius 3 is 2.91 bits per heavy atom. The van der Waals surface area contributed by atoms with Gasteiger partial charge in [-0.25, -0.2) is 4.79 Å². The van der Waals surface area contributed by atoms with Gasteiger partial charge in [0.1, 0.15) is 0 Å². The Bertz CT molecular complexity index is 792. The first-order valence-corrected chi connectivity index (χ1v) is 7.97. The summed E-state index contributed by atoms with van der Waals surface area (Å²) in [5, 5.41) is 12.3. The van der Waals surface area contributed by atoms with Crippen molar-refractivity contribution in [2.75, 3.05) is 13.2 Å². The Hall–Kier alpha value is -2.36. The van der Waals surface area contributed by atoms with Crippen LogP contribution in [0, 0.1) is 11.3 Å². The number of nitrogens with one attached hydrogen (secondary N) is 1. The molecule has 0 atom stereocenters. The van der Waals surface area contributed by atoms with Crippen LogP contribution in [0.25, 0.3) is 16.2 Å². The lowest BCUT2D eigenvalue weighted by Gasteiger charge is -2.02. The minimum Gasteiger partial charge on any atom is -0.452 e. The molecular formula is C16H13ClN2O3S. The van der Waals surface area contributed by atoms with Gasteiger partial charge in [0.15, 0.2) is 6.61 Å². The summed E-state index contributed by atoms with van der Waals surface area (Å²) in [5.74, 6) is -1.07. The number of benzene rings is 1. The van der Waals surface area contributed by atoms with Gasteiger partial charge in [0, 0.05) is 27.6 Å². The molecule has 0 unspecified atom stereocenters. The normalized spacial score (nSPS) is 10.6. The van der Waals surface area contributed by atoms with Gasteiger partial charge < -0.3 is 10.1 Å². The fraction of sp³-hybridized carbons (Fsp3) is 0.188. The van der Waals surface area contributed by atoms with E-state index < -0.39 is 11.9 Å². The van der Waals surface area contributed by atoms with E-state index in [1.165, 1.54) is 17.4 Å². The van der Waals surface area contributed by atoms with Crippen molar-refractivity contribution in [2.24, 2.45) is 0 Å². The van der Waals surface area contributed by atoms with E-state index in [0.717, 1.165) is 15.0 Å². The standard InChI is InChI=1S/C16H13ClN2O3S/c17-16-11-4-1-2-5-12(11)23-13(16)6-7-15(21)22-10-14(20)19-9-3-8-18/h1-2,4-7H,3,9-10H2,(H,19,20)/b7-6+. The van der Waals surface area contributed by atoms with Gasteiger partial charge in [-0.05, 0) is 12.1 Å². The van der Waals surface area contributed by atoms with Crippen LogP contribution in [-0.4, -0.2) is 25.0 Å². The number of amides is 1. The molecule has 0 aliphatic carbocycles. The first-order valence-electron chi connectivity index (χ1n) is 6.77. The van der Waals surface area contributed by atoms with Gasteiger partial charge in [0.25, 0.3) is 5.91 Å². The molecule has 1 N–H and O–H groups in total. The van der Waals surface area contributed by atoms with Gasteiger partial charge >= 0.3 is 5.97 Å². The number of nitriles is 1. The number of thiophene rings is 1. The summed E-state index contributed by atoms with van der Waals surface area (Å²) < 4.78 is 5.84. The van der Waals surface area contributed by atoms with Crippen molar-refractivity contribution in [3.8, 4) is 6.07 Å². The minimum atomic E-state index is -0.631. The third kappa shape index (κ3) is 4.81. The number of nitrogens with zero attached hydrogens (tertiary/aromatic N) is 1. The second-order valence-electron chi connectivity index (χ2n) is 4.48. The Labute approximate surface area is 142 Å². The Morgan fingerprint density at radius 1 is 1.39 bits per heavy atom. The highest BCUT2D eigenvalue weighted by atomic mass is 35.5. The molecular weight excluding hydrogens is 336 g/mol. The maximum Gasteiger partial charge on any atom is 0.331 e. The molecule has 1 heterocycles. The lowest BCUT2D eigenvalue weighted by molar-refractivity contribution is -0.143. The molecule has 2 aromatic rings. The number of fused-ring (bicyclic) bond motifs is 1. The van der Waals surface area contributed by atoms with Crippen molar-refractivity contribution >= 4 is 51.0 Å². The van der Waals surface area contributed by atoms with Crippen molar-refractivity contribution in [3.05, 3.63) is 40.2 Å². The number of rotatable bonds is 6. The average molecular weight is 349 g/mol. The highest BCUT2D eigenvalue weighted by molar-refractivity contribution is 7.20. The Morgan fingerprint density at radius 2 is 2.17 bits per heavy atom. The van der Waals surface area contributed by atoms with Crippen molar-refractivity contribution in [3.63, 3.8) is 0 Å². The van der Waals surface area contributed by atoms with Crippen LogP contribution in [-0.2, 0) is 14.3 Å². The second-order valence-corrected chi connectivity index (χ2v) is 5.94. The fourth-order valence-corrected chi connectivity index (χ4v) is 3.18. The van der Waals surface area contributed by atoms with Crippen LogP contribution in [0.3, 0.4) is 0 Å². The molecule has 118 valence electrons. The average Bonchev–Trinajstić information content (AvgIpc) is 2.88. The van der Waals surface area contributed by atoms with Crippen LogP contribution in [0.5, 0.6) is 0 Å². The molecule has 5 nitrogen and oxygen atoms in total. The van der Waals surface area contributed by atoms with Gasteiger partial charge in [-0.3, -0.25) is 4.79 Å². The van der Waals surface area contributed by atoms with Crippen LogP contribution < -0.4 is 5.32 Å². The van der Waals surface area contributed by atoms with E-state index >= 15 is 0 Å². The molecule has 23 heavy (non-hydrogen) atoms. The van der Waals surface area contributed by atoms with E-state index in [9.17, 15) is 9.59 Å². The van der Waals surface area contributed by atoms with E-state index in [4.69, 9.17) is 21.6 Å². The molecule has 0 bridgehead atoms. The Kier molecular flexibility index (Phi) is 6.15. The molecule has 0 saturated carbocycles. The van der Waals surface area contributed by atoms with Gasteiger partial charge in [-0.1, -0.05) is 29.8 Å². The molecule has 1 aromatic heterocycles. The summed E-state index contributed by atoms with van der Waals surface area (Å²) in [5.41, 5.74) is 0. The van der Waals surface area contributed by atoms with E-state index in [1.54, 1.807) is 6.08 Å². The molecule has 1 aromatic carbocycles. The summed E-state index contributed by atoms with van der Waals surface area (Å²) in [6, 6.07) is 9.58. The topological polar surface area (TPSA) is 79.2 Å². The van der Waals surface area contributed by atoms with Crippen LogP contribution >= 0.6 is 22.9 Å². The van der Waals surface area contributed by atoms with E-state index in [1.807, 2.05) is 30.3 Å². The summed E-state index contributed by atoms with van der Waals surface area (Å²) in [6.45, 7) is -0.144. The smallest absolute Gasteiger partial charge is 0.331 e. The molecule has 0 fully saturated rings. The Balaban J connectivity index is 1.89. The molecule has 7 heteroatoms. The van der Waals surface area contributed by atoms with Crippen LogP contribution in [0.2, 0.25) is 5.02 Å². The second kappa shape index (κ2) is 8.32. The van der Waals surface area contributed by atoms with Crippen LogP contribution in [0.1, 0.15) is 11.3 Å². The largest absolute Gasteiger partial charge is 0.452 e. The highest BCUT2D eigenvalue weighted by Crippen LogP contribution is 2.35. The van der Waals surface area contributed by atoms with Gasteiger partial charge in [0.05, 0.1) is 17.5 Å². The lowest BCUT2D eigenvalue weighted by Crippen LogP contribution is -2.29. The monoisotopic (exact) mass is 348 g/mol. The molecule has 2 rings (SSSR count). The molecule has 1 amide bonds. The summed E-state index contributed by atoms with van der Waals surface area (Å²) >= 11 is 7.72. The number of ether oxygens (including phenoxy) is 1. The van der Waals surface area contributed by atoms with Gasteiger partial charge in [-0.2, -0.15) is 5.26 Å². The third-order valence-corrected chi connectivity index (χ3v) is 4.49. The zero-order chi connectivity index (χ0) is 16.7. The molecule has 0 aliphatic rings. The maximum absolute atomic E-state index is 11.6. The van der Waals surface area contributed by atoms with Gasteiger partial charge in [0.2, 0.25) is 0 Å². The summed E-state index contributed by atoms with van der Waals surface area (Å²) in [4.78, 5) is 23.7. The third-order valence-electron chi connectivity index (χ3n) is 2.84. The van der Waals surface area contributed by atoms with E-state index in [2.05, 4.69) is 5.32 Å². The lowest BCUT2D eigenvalue weighted by atomic mass is 10.2. The zero-order valence-corrected chi connectivity index (χ0v) is 13.6.